The molecule has 0 saturated carbocycles. The monoisotopic (exact) mass is 140 g/mol. The van der Waals surface area contributed by atoms with E-state index < -0.39 is 0 Å². The summed E-state index contributed by atoms with van der Waals surface area (Å²) in [5.41, 5.74) is 5.55. The van der Waals surface area contributed by atoms with Crippen molar-refractivity contribution in [2.75, 3.05) is 0 Å². The smallest absolute Gasteiger partial charge is 0.0692 e. The summed E-state index contributed by atoms with van der Waals surface area (Å²) in [5, 5.41) is 7.47. The zero-order valence-corrected chi connectivity index (χ0v) is 6.07. The zero-order valence-electron chi connectivity index (χ0n) is 6.07. The Balaban J connectivity index is 2.28. The molecule has 56 valence electrons. The molecule has 0 fully saturated rings. The summed E-state index contributed by atoms with van der Waals surface area (Å²) in [6.45, 7) is 2.84. The van der Waals surface area contributed by atoms with Crippen molar-refractivity contribution >= 4 is 0 Å². The fourth-order valence-electron chi connectivity index (χ4n) is 0.688. The molecule has 0 aliphatic heterocycles. The first kappa shape index (κ1) is 7.21. The van der Waals surface area contributed by atoms with E-state index in [4.69, 9.17) is 5.73 Å². The maximum Gasteiger partial charge on any atom is 0.0692 e. The molecule has 1 aromatic rings. The van der Waals surface area contributed by atoms with Crippen LogP contribution in [0.2, 0.25) is 0 Å². The summed E-state index contributed by atoms with van der Waals surface area (Å²) in [5.74, 6) is 0. The van der Waals surface area contributed by atoms with Crippen LogP contribution in [0, 0.1) is 0 Å². The Morgan fingerprint density at radius 2 is 2.50 bits per heavy atom. The molecule has 0 aliphatic rings. The summed E-state index contributed by atoms with van der Waals surface area (Å²) < 4.78 is 1.78. The molecule has 0 bridgehead atoms. The van der Waals surface area contributed by atoms with Crippen LogP contribution in [0.4, 0.5) is 0 Å². The number of nitrogens with zero attached hydrogens (tertiary/aromatic N) is 3. The maximum atomic E-state index is 5.55. The van der Waals surface area contributed by atoms with Gasteiger partial charge in [0.1, 0.15) is 0 Å². The zero-order chi connectivity index (χ0) is 7.40. The van der Waals surface area contributed by atoms with Crippen molar-refractivity contribution in [1.29, 1.82) is 0 Å². The molecular weight excluding hydrogens is 128 g/mol. The summed E-state index contributed by atoms with van der Waals surface area (Å²) in [7, 11) is 0. The number of aryl methyl sites for hydroxylation is 1. The maximum absolute atomic E-state index is 5.55. The Labute approximate surface area is 60.0 Å². The van der Waals surface area contributed by atoms with Gasteiger partial charge in [-0.2, -0.15) is 0 Å². The largest absolute Gasteiger partial charge is 0.328 e. The molecule has 0 aromatic carbocycles. The lowest BCUT2D eigenvalue weighted by molar-refractivity contribution is 0.517. The van der Waals surface area contributed by atoms with Crippen molar-refractivity contribution in [3.05, 3.63) is 12.4 Å². The highest BCUT2D eigenvalue weighted by Crippen LogP contribution is 1.89. The Morgan fingerprint density at radius 1 is 1.70 bits per heavy atom. The van der Waals surface area contributed by atoms with Crippen LogP contribution < -0.4 is 5.73 Å². The second-order valence-corrected chi connectivity index (χ2v) is 2.43. The van der Waals surface area contributed by atoms with Gasteiger partial charge in [-0.05, 0) is 13.3 Å². The van der Waals surface area contributed by atoms with Crippen LogP contribution in [0.15, 0.2) is 12.4 Å². The molecule has 4 nitrogen and oxygen atoms in total. The van der Waals surface area contributed by atoms with Gasteiger partial charge < -0.3 is 5.73 Å². The topological polar surface area (TPSA) is 56.7 Å². The number of aromatic nitrogens is 3. The molecule has 1 rings (SSSR count). The van der Waals surface area contributed by atoms with E-state index in [1.165, 1.54) is 0 Å². The van der Waals surface area contributed by atoms with Crippen molar-refractivity contribution in [2.24, 2.45) is 5.73 Å². The minimum Gasteiger partial charge on any atom is -0.328 e. The summed E-state index contributed by atoms with van der Waals surface area (Å²) >= 11 is 0. The van der Waals surface area contributed by atoms with Gasteiger partial charge in [0.25, 0.3) is 0 Å². The molecule has 1 heterocycles. The summed E-state index contributed by atoms with van der Waals surface area (Å²) in [4.78, 5) is 0. The Bertz CT molecular complexity index is 168. The van der Waals surface area contributed by atoms with E-state index in [-0.39, 0.29) is 6.04 Å². The minimum absolute atomic E-state index is 0.240. The second-order valence-electron chi connectivity index (χ2n) is 2.43. The van der Waals surface area contributed by atoms with Crippen LogP contribution in [0.25, 0.3) is 0 Å². The van der Waals surface area contributed by atoms with Crippen molar-refractivity contribution in [1.82, 2.24) is 15.0 Å². The van der Waals surface area contributed by atoms with Crippen LogP contribution in [0.5, 0.6) is 0 Å². The number of hydrogen-bond donors (Lipinski definition) is 1. The highest BCUT2D eigenvalue weighted by atomic mass is 15.4. The Morgan fingerprint density at radius 3 is 3.00 bits per heavy atom. The highest BCUT2D eigenvalue weighted by Gasteiger charge is 1.94. The molecule has 1 aromatic heterocycles. The van der Waals surface area contributed by atoms with Crippen molar-refractivity contribution < 1.29 is 0 Å². The molecule has 0 saturated heterocycles. The van der Waals surface area contributed by atoms with E-state index in [0.29, 0.717) is 0 Å². The van der Waals surface area contributed by atoms with Crippen molar-refractivity contribution in [3.8, 4) is 0 Å². The quantitative estimate of drug-likeness (QED) is 0.643. The van der Waals surface area contributed by atoms with Crippen LogP contribution in [-0.4, -0.2) is 21.0 Å². The van der Waals surface area contributed by atoms with Gasteiger partial charge in [-0.3, -0.25) is 4.68 Å². The van der Waals surface area contributed by atoms with Crippen LogP contribution in [-0.2, 0) is 6.54 Å². The Kier molecular flexibility index (Phi) is 2.39. The number of hydrogen-bond acceptors (Lipinski definition) is 3. The standard InChI is InChI=1S/C6H12N4/c1-6(7)2-4-10-5-3-8-9-10/h3,5-6H,2,4,7H2,1H3. The average molecular weight is 140 g/mol. The van der Waals surface area contributed by atoms with Crippen LogP contribution >= 0.6 is 0 Å². The average Bonchev–Trinajstić information content (AvgIpc) is 2.34. The summed E-state index contributed by atoms with van der Waals surface area (Å²) in [6.07, 6.45) is 4.45. The first-order valence-corrected chi connectivity index (χ1v) is 3.38. The SMILES string of the molecule is CC(N)CCn1ccnn1. The molecule has 1 unspecified atom stereocenters. The van der Waals surface area contributed by atoms with E-state index in [1.54, 1.807) is 10.9 Å². The van der Waals surface area contributed by atoms with Crippen molar-refractivity contribution in [2.45, 2.75) is 25.9 Å². The van der Waals surface area contributed by atoms with Crippen molar-refractivity contribution in [3.63, 3.8) is 0 Å². The first-order chi connectivity index (χ1) is 4.79. The lowest BCUT2D eigenvalue weighted by Crippen LogP contribution is -2.17. The van der Waals surface area contributed by atoms with Gasteiger partial charge in [-0.15, -0.1) is 5.10 Å². The lowest BCUT2D eigenvalue weighted by atomic mass is 10.2. The number of nitrogens with two attached hydrogens (primary N) is 1. The third kappa shape index (κ3) is 2.14. The fraction of sp³-hybridized carbons (Fsp3) is 0.667. The van der Waals surface area contributed by atoms with E-state index >= 15 is 0 Å². The highest BCUT2D eigenvalue weighted by molar-refractivity contribution is 4.64. The molecule has 1 atom stereocenters. The molecule has 10 heavy (non-hydrogen) atoms. The molecule has 0 spiro atoms. The summed E-state index contributed by atoms with van der Waals surface area (Å²) in [6, 6.07) is 0.240. The van der Waals surface area contributed by atoms with Crippen LogP contribution in [0.1, 0.15) is 13.3 Å². The number of rotatable bonds is 3. The molecule has 4 heteroatoms. The van der Waals surface area contributed by atoms with Gasteiger partial charge >= 0.3 is 0 Å². The fourth-order valence-corrected chi connectivity index (χ4v) is 0.688. The van der Waals surface area contributed by atoms with Crippen LogP contribution in [0.3, 0.4) is 0 Å². The lowest BCUT2D eigenvalue weighted by Gasteiger charge is -2.02. The van der Waals surface area contributed by atoms with Gasteiger partial charge in [-0.1, -0.05) is 5.21 Å². The van der Waals surface area contributed by atoms with E-state index in [9.17, 15) is 0 Å². The normalized spacial score (nSPS) is 13.4. The molecule has 0 aliphatic carbocycles. The van der Waals surface area contributed by atoms with Gasteiger partial charge in [0.15, 0.2) is 0 Å². The second kappa shape index (κ2) is 3.31. The first-order valence-electron chi connectivity index (χ1n) is 3.38. The molecule has 2 N–H and O–H groups in total. The van der Waals surface area contributed by atoms with Gasteiger partial charge in [0.05, 0.1) is 6.20 Å². The predicted octanol–water partition coefficient (Wildman–Crippen LogP) is 0.0154. The van der Waals surface area contributed by atoms with Gasteiger partial charge in [0, 0.05) is 18.8 Å². The third-order valence-corrected chi connectivity index (χ3v) is 1.29. The Hall–Kier alpha value is -0.900. The molecule has 0 amide bonds. The van der Waals surface area contributed by atoms with E-state index in [1.807, 2.05) is 13.1 Å². The van der Waals surface area contributed by atoms with E-state index in [0.717, 1.165) is 13.0 Å². The molecular formula is C6H12N4. The van der Waals surface area contributed by atoms with Gasteiger partial charge in [-0.25, -0.2) is 0 Å². The molecule has 0 radical (unpaired) electrons. The minimum atomic E-state index is 0.240. The van der Waals surface area contributed by atoms with E-state index in [2.05, 4.69) is 10.3 Å². The predicted molar refractivity (Wildman–Crippen MR) is 38.3 cm³/mol. The van der Waals surface area contributed by atoms with Gasteiger partial charge in [0.2, 0.25) is 0 Å². The third-order valence-electron chi connectivity index (χ3n) is 1.29.